The highest BCUT2D eigenvalue weighted by atomic mass is 16.6. The van der Waals surface area contributed by atoms with Gasteiger partial charge in [-0.05, 0) is 64.5 Å². The van der Waals surface area contributed by atoms with Crippen LogP contribution in [0.5, 0.6) is 0 Å². The van der Waals surface area contributed by atoms with E-state index in [1.54, 1.807) is 0 Å². The molecule has 0 bridgehead atoms. The van der Waals surface area contributed by atoms with Gasteiger partial charge in [0.1, 0.15) is 17.5 Å². The van der Waals surface area contributed by atoms with Gasteiger partial charge in [-0.2, -0.15) is 0 Å². The maximum absolute atomic E-state index is 12.6. The summed E-state index contributed by atoms with van der Waals surface area (Å²) in [5.74, 6) is 1.65. The largest absolute Gasteiger partial charge is 0.444 e. The molecule has 0 radical (unpaired) electrons. The zero-order valence-electron chi connectivity index (χ0n) is 19.2. The topological polar surface area (TPSA) is 54.9 Å². The number of fused-ring (bicyclic) bond motifs is 3. The summed E-state index contributed by atoms with van der Waals surface area (Å²) < 4.78 is 11.6. The maximum Gasteiger partial charge on any atom is 0.410 e. The van der Waals surface area contributed by atoms with Gasteiger partial charge in [-0.25, -0.2) is 9.78 Å². The lowest BCUT2D eigenvalue weighted by atomic mass is 9.84. The smallest absolute Gasteiger partial charge is 0.410 e. The normalized spacial score (nSPS) is 25.6. The average molecular weight is 416 g/mol. The molecule has 0 N–H and O–H groups in total. The molecule has 2 fully saturated rings. The van der Waals surface area contributed by atoms with E-state index in [-0.39, 0.29) is 24.3 Å². The number of carbonyl (C=O) groups excluding carboxylic acids is 1. The van der Waals surface area contributed by atoms with Gasteiger partial charge in [-0.1, -0.05) is 25.3 Å². The quantitative estimate of drug-likeness (QED) is 0.715. The third-order valence-electron chi connectivity index (χ3n) is 6.74. The summed E-state index contributed by atoms with van der Waals surface area (Å²) in [6.07, 6.45) is 7.17. The molecule has 3 heterocycles. The van der Waals surface area contributed by atoms with Crippen molar-refractivity contribution in [2.24, 2.45) is 5.92 Å². The van der Waals surface area contributed by atoms with Crippen LogP contribution in [0.15, 0.2) is 12.1 Å². The molecule has 0 aromatic carbocycles. The van der Waals surface area contributed by atoms with Crippen molar-refractivity contribution in [3.63, 3.8) is 0 Å². The van der Waals surface area contributed by atoms with Crippen molar-refractivity contribution in [3.05, 3.63) is 23.4 Å². The van der Waals surface area contributed by atoms with Crippen LogP contribution in [-0.4, -0.2) is 53.9 Å². The SMILES string of the molecule is COC(c1ccc2c(n1)N1[C@H](C2)CN(C(=O)OC(C)(C)C)C[C@H]1C)C1CCCCC1. The molecule has 2 aliphatic heterocycles. The minimum Gasteiger partial charge on any atom is -0.444 e. The van der Waals surface area contributed by atoms with E-state index in [0.717, 1.165) is 17.9 Å². The van der Waals surface area contributed by atoms with Crippen LogP contribution < -0.4 is 4.90 Å². The van der Waals surface area contributed by atoms with Crippen molar-refractivity contribution >= 4 is 11.9 Å². The van der Waals surface area contributed by atoms with Crippen molar-refractivity contribution < 1.29 is 14.3 Å². The van der Waals surface area contributed by atoms with Crippen LogP contribution in [0, 0.1) is 5.92 Å². The standard InChI is InChI=1S/C24H37N3O3/c1-16-14-26(23(28)30-24(2,3)4)15-19-13-18-11-12-20(25-22(18)27(16)19)21(29-5)17-9-7-6-8-10-17/h11-12,16-17,19,21H,6-10,13-15H2,1-5H3/t16-,19-,21?/m1/s1. The predicted octanol–water partition coefficient (Wildman–Crippen LogP) is 4.72. The molecule has 1 aromatic heterocycles. The number of pyridine rings is 1. The molecule has 1 unspecified atom stereocenters. The Morgan fingerprint density at radius 2 is 1.90 bits per heavy atom. The second kappa shape index (κ2) is 8.37. The van der Waals surface area contributed by atoms with Crippen molar-refractivity contribution in [2.75, 3.05) is 25.1 Å². The Bertz CT molecular complexity index is 769. The van der Waals surface area contributed by atoms with Gasteiger partial charge in [0.2, 0.25) is 0 Å². The van der Waals surface area contributed by atoms with E-state index in [2.05, 4.69) is 24.0 Å². The van der Waals surface area contributed by atoms with E-state index < -0.39 is 5.60 Å². The van der Waals surface area contributed by atoms with E-state index in [0.29, 0.717) is 19.0 Å². The number of hydrogen-bond acceptors (Lipinski definition) is 5. The van der Waals surface area contributed by atoms with Gasteiger partial charge in [0.05, 0.1) is 11.7 Å². The maximum atomic E-state index is 12.6. The zero-order chi connectivity index (χ0) is 21.5. The van der Waals surface area contributed by atoms with Crippen molar-refractivity contribution in [1.29, 1.82) is 0 Å². The Kier molecular flexibility index (Phi) is 5.97. The third-order valence-corrected chi connectivity index (χ3v) is 6.74. The van der Waals surface area contributed by atoms with E-state index >= 15 is 0 Å². The molecule has 3 aliphatic rings. The van der Waals surface area contributed by atoms with Crippen LogP contribution in [0.3, 0.4) is 0 Å². The van der Waals surface area contributed by atoms with Crippen LogP contribution in [-0.2, 0) is 15.9 Å². The Morgan fingerprint density at radius 3 is 2.57 bits per heavy atom. The number of aromatic nitrogens is 1. The Hall–Kier alpha value is -1.82. The molecular formula is C24H37N3O3. The van der Waals surface area contributed by atoms with Gasteiger partial charge in [-0.3, -0.25) is 0 Å². The highest BCUT2D eigenvalue weighted by Gasteiger charge is 2.42. The summed E-state index contributed by atoms with van der Waals surface area (Å²) in [6.45, 7) is 9.27. The lowest BCUT2D eigenvalue weighted by Crippen LogP contribution is -2.58. The van der Waals surface area contributed by atoms with Crippen LogP contribution in [0.25, 0.3) is 0 Å². The molecule has 30 heavy (non-hydrogen) atoms. The first-order valence-corrected chi connectivity index (χ1v) is 11.6. The lowest BCUT2D eigenvalue weighted by Gasteiger charge is -2.43. The van der Waals surface area contributed by atoms with Gasteiger partial charge in [0.15, 0.2) is 0 Å². The molecule has 1 aliphatic carbocycles. The second-order valence-corrected chi connectivity index (χ2v) is 10.3. The van der Waals surface area contributed by atoms with E-state index in [1.165, 1.54) is 37.7 Å². The van der Waals surface area contributed by atoms with E-state index in [1.807, 2.05) is 32.8 Å². The number of methoxy groups -OCH3 is 1. The molecule has 1 amide bonds. The number of carbonyl (C=O) groups is 1. The minimum atomic E-state index is -0.471. The average Bonchev–Trinajstić information content (AvgIpc) is 3.06. The fraction of sp³-hybridized carbons (Fsp3) is 0.750. The summed E-state index contributed by atoms with van der Waals surface area (Å²) in [6, 6.07) is 4.86. The first-order chi connectivity index (χ1) is 14.3. The van der Waals surface area contributed by atoms with Crippen LogP contribution in [0.2, 0.25) is 0 Å². The number of piperazine rings is 1. The molecule has 3 atom stereocenters. The molecule has 166 valence electrons. The van der Waals surface area contributed by atoms with Gasteiger partial charge >= 0.3 is 6.09 Å². The molecular weight excluding hydrogens is 378 g/mol. The number of ether oxygens (including phenoxy) is 2. The first kappa shape index (κ1) is 21.4. The van der Waals surface area contributed by atoms with Gasteiger partial charge < -0.3 is 19.3 Å². The van der Waals surface area contributed by atoms with Crippen molar-refractivity contribution in [1.82, 2.24) is 9.88 Å². The summed E-state index contributed by atoms with van der Waals surface area (Å²) in [4.78, 5) is 22.0. The summed E-state index contributed by atoms with van der Waals surface area (Å²) >= 11 is 0. The van der Waals surface area contributed by atoms with Crippen molar-refractivity contribution in [3.8, 4) is 0 Å². The van der Waals surface area contributed by atoms with Gasteiger partial charge in [0.25, 0.3) is 0 Å². The lowest BCUT2D eigenvalue weighted by molar-refractivity contribution is 0.0191. The summed E-state index contributed by atoms with van der Waals surface area (Å²) in [5, 5.41) is 0. The first-order valence-electron chi connectivity index (χ1n) is 11.6. The Morgan fingerprint density at radius 1 is 1.17 bits per heavy atom. The van der Waals surface area contributed by atoms with Crippen LogP contribution >= 0.6 is 0 Å². The van der Waals surface area contributed by atoms with E-state index in [9.17, 15) is 4.79 Å². The molecule has 1 saturated carbocycles. The Balaban J connectivity index is 1.52. The van der Waals surface area contributed by atoms with Gasteiger partial charge in [0, 0.05) is 26.2 Å². The molecule has 1 aromatic rings. The fourth-order valence-electron chi connectivity index (χ4n) is 5.48. The molecule has 0 spiro atoms. The molecule has 6 heteroatoms. The zero-order valence-corrected chi connectivity index (χ0v) is 19.2. The minimum absolute atomic E-state index is 0.0769. The molecule has 6 nitrogen and oxygen atoms in total. The third kappa shape index (κ3) is 4.29. The predicted molar refractivity (Wildman–Crippen MR) is 118 cm³/mol. The number of anilines is 1. The number of nitrogens with zero attached hydrogens (tertiary/aromatic N) is 3. The van der Waals surface area contributed by atoms with Crippen LogP contribution in [0.1, 0.15) is 77.2 Å². The van der Waals surface area contributed by atoms with E-state index in [4.69, 9.17) is 14.5 Å². The number of hydrogen-bond donors (Lipinski definition) is 0. The Labute approximate surface area is 180 Å². The summed E-state index contributed by atoms with van der Waals surface area (Å²) in [7, 11) is 1.82. The fourth-order valence-corrected chi connectivity index (χ4v) is 5.48. The van der Waals surface area contributed by atoms with Gasteiger partial charge in [-0.15, -0.1) is 0 Å². The number of rotatable bonds is 3. The van der Waals surface area contributed by atoms with Crippen LogP contribution in [0.4, 0.5) is 10.6 Å². The summed E-state index contributed by atoms with van der Waals surface area (Å²) in [5.41, 5.74) is 1.87. The highest BCUT2D eigenvalue weighted by Crippen LogP contribution is 2.40. The van der Waals surface area contributed by atoms with Crippen molar-refractivity contribution in [2.45, 2.75) is 90.0 Å². The molecule has 4 rings (SSSR count). The highest BCUT2D eigenvalue weighted by molar-refractivity contribution is 5.69. The molecule has 1 saturated heterocycles. The number of amides is 1. The second-order valence-electron chi connectivity index (χ2n) is 10.3. The monoisotopic (exact) mass is 415 g/mol.